The molecule has 2 aromatic rings. The molecule has 0 aliphatic heterocycles. The number of rotatable bonds is 3. The maximum absolute atomic E-state index is 11.6. The van der Waals surface area contributed by atoms with Crippen molar-refractivity contribution in [1.29, 1.82) is 0 Å². The summed E-state index contributed by atoms with van der Waals surface area (Å²) in [5.74, 6) is -1.08. The first-order valence-corrected chi connectivity index (χ1v) is 5.95. The number of carbonyl (C=O) groups is 2. The molecule has 7 nitrogen and oxygen atoms in total. The number of amides is 2. The van der Waals surface area contributed by atoms with E-state index in [9.17, 15) is 9.59 Å². The van der Waals surface area contributed by atoms with Gasteiger partial charge in [-0.1, -0.05) is 0 Å². The SMILES string of the molecule is O=C(Nc1cn[nH]c1)Nc1ccc(Br)c(C(=O)O)c1. The van der Waals surface area contributed by atoms with Gasteiger partial charge in [0.2, 0.25) is 0 Å². The van der Waals surface area contributed by atoms with Crippen LogP contribution in [0.3, 0.4) is 0 Å². The molecule has 19 heavy (non-hydrogen) atoms. The number of urea groups is 1. The van der Waals surface area contributed by atoms with E-state index >= 15 is 0 Å². The smallest absolute Gasteiger partial charge is 0.336 e. The van der Waals surface area contributed by atoms with Crippen molar-refractivity contribution >= 4 is 39.3 Å². The van der Waals surface area contributed by atoms with E-state index in [-0.39, 0.29) is 5.56 Å². The number of carboxylic acids is 1. The highest BCUT2D eigenvalue weighted by molar-refractivity contribution is 9.10. The van der Waals surface area contributed by atoms with Gasteiger partial charge < -0.3 is 15.7 Å². The minimum absolute atomic E-state index is 0.0705. The topological polar surface area (TPSA) is 107 Å². The number of aromatic carboxylic acids is 1. The Bertz CT molecular complexity index is 612. The fraction of sp³-hybridized carbons (Fsp3) is 0. The lowest BCUT2D eigenvalue weighted by Gasteiger charge is -2.07. The molecule has 0 fully saturated rings. The minimum atomic E-state index is -1.08. The molecule has 1 heterocycles. The van der Waals surface area contributed by atoms with Gasteiger partial charge in [-0.25, -0.2) is 9.59 Å². The molecule has 98 valence electrons. The van der Waals surface area contributed by atoms with E-state index in [2.05, 4.69) is 36.8 Å². The van der Waals surface area contributed by atoms with Crippen LogP contribution >= 0.6 is 15.9 Å². The molecule has 0 radical (unpaired) electrons. The number of hydrogen-bond donors (Lipinski definition) is 4. The van der Waals surface area contributed by atoms with E-state index < -0.39 is 12.0 Å². The first-order valence-electron chi connectivity index (χ1n) is 5.16. The minimum Gasteiger partial charge on any atom is -0.478 e. The maximum Gasteiger partial charge on any atom is 0.336 e. The van der Waals surface area contributed by atoms with Gasteiger partial charge in [0.1, 0.15) is 0 Å². The molecule has 1 aromatic carbocycles. The molecular formula is C11H9BrN4O3. The Morgan fingerprint density at radius 1 is 1.26 bits per heavy atom. The van der Waals surface area contributed by atoms with Gasteiger partial charge >= 0.3 is 12.0 Å². The van der Waals surface area contributed by atoms with Gasteiger partial charge in [0.25, 0.3) is 0 Å². The maximum atomic E-state index is 11.6. The second kappa shape index (κ2) is 5.53. The summed E-state index contributed by atoms with van der Waals surface area (Å²) in [6, 6.07) is 4.02. The number of aromatic nitrogens is 2. The van der Waals surface area contributed by atoms with Gasteiger partial charge in [-0.3, -0.25) is 5.10 Å². The number of nitrogens with zero attached hydrogens (tertiary/aromatic N) is 1. The predicted molar refractivity (Wildman–Crippen MR) is 72.3 cm³/mol. The number of carboxylic acid groups (broad SMARTS) is 1. The molecule has 2 rings (SSSR count). The highest BCUT2D eigenvalue weighted by Gasteiger charge is 2.10. The number of nitrogens with one attached hydrogen (secondary N) is 3. The molecule has 8 heteroatoms. The van der Waals surface area contributed by atoms with Crippen molar-refractivity contribution in [2.24, 2.45) is 0 Å². The van der Waals surface area contributed by atoms with Crippen molar-refractivity contribution in [3.8, 4) is 0 Å². The van der Waals surface area contributed by atoms with E-state index in [0.29, 0.717) is 15.8 Å². The van der Waals surface area contributed by atoms with E-state index in [0.717, 1.165) is 0 Å². The third-order valence-corrected chi connectivity index (χ3v) is 2.90. The van der Waals surface area contributed by atoms with E-state index in [4.69, 9.17) is 5.11 Å². The zero-order valence-electron chi connectivity index (χ0n) is 9.48. The average molecular weight is 325 g/mol. The lowest BCUT2D eigenvalue weighted by atomic mass is 10.2. The van der Waals surface area contributed by atoms with Crippen LogP contribution in [-0.2, 0) is 0 Å². The normalized spacial score (nSPS) is 9.95. The summed E-state index contributed by atoms with van der Waals surface area (Å²) in [5.41, 5.74) is 0.954. The summed E-state index contributed by atoms with van der Waals surface area (Å²) >= 11 is 3.12. The van der Waals surface area contributed by atoms with Gasteiger partial charge in [-0.2, -0.15) is 5.10 Å². The molecule has 0 spiro atoms. The van der Waals surface area contributed by atoms with Gasteiger partial charge in [-0.05, 0) is 34.1 Å². The van der Waals surface area contributed by atoms with Crippen molar-refractivity contribution in [2.45, 2.75) is 0 Å². The van der Waals surface area contributed by atoms with Crippen molar-refractivity contribution < 1.29 is 14.7 Å². The molecule has 0 aliphatic carbocycles. The lowest BCUT2D eigenvalue weighted by Crippen LogP contribution is -2.19. The Morgan fingerprint density at radius 3 is 2.63 bits per heavy atom. The van der Waals surface area contributed by atoms with E-state index in [1.807, 2.05) is 0 Å². The quantitative estimate of drug-likeness (QED) is 0.695. The molecule has 0 atom stereocenters. The molecule has 0 unspecified atom stereocenters. The molecule has 0 saturated heterocycles. The number of H-pyrrole nitrogens is 1. The van der Waals surface area contributed by atoms with Gasteiger partial charge in [-0.15, -0.1) is 0 Å². The number of aromatic amines is 1. The van der Waals surface area contributed by atoms with Crippen LogP contribution in [0.15, 0.2) is 35.1 Å². The second-order valence-electron chi connectivity index (χ2n) is 3.57. The number of anilines is 2. The van der Waals surface area contributed by atoms with Crippen LogP contribution in [-0.4, -0.2) is 27.3 Å². The van der Waals surface area contributed by atoms with Crippen LogP contribution in [0.1, 0.15) is 10.4 Å². The molecule has 4 N–H and O–H groups in total. The average Bonchev–Trinajstić information content (AvgIpc) is 2.84. The van der Waals surface area contributed by atoms with E-state index in [1.54, 1.807) is 12.1 Å². The van der Waals surface area contributed by atoms with Crippen LogP contribution in [0.25, 0.3) is 0 Å². The lowest BCUT2D eigenvalue weighted by molar-refractivity contribution is 0.0696. The number of halogens is 1. The first kappa shape index (κ1) is 13.1. The summed E-state index contributed by atoms with van der Waals surface area (Å²) in [4.78, 5) is 22.6. The fourth-order valence-electron chi connectivity index (χ4n) is 1.38. The molecule has 0 bridgehead atoms. The number of benzene rings is 1. The molecular weight excluding hydrogens is 316 g/mol. The standard InChI is InChI=1S/C11H9BrN4O3/c12-9-2-1-6(3-8(9)10(17)18)15-11(19)16-7-4-13-14-5-7/h1-5H,(H,13,14)(H,17,18)(H2,15,16,19). The van der Waals surface area contributed by atoms with Crippen molar-refractivity contribution in [1.82, 2.24) is 10.2 Å². The fourth-order valence-corrected chi connectivity index (χ4v) is 1.80. The van der Waals surface area contributed by atoms with E-state index in [1.165, 1.54) is 18.5 Å². The third-order valence-electron chi connectivity index (χ3n) is 2.21. The van der Waals surface area contributed by atoms with Crippen LogP contribution in [0.4, 0.5) is 16.2 Å². The summed E-state index contributed by atoms with van der Waals surface area (Å²) in [6.07, 6.45) is 2.97. The Hall–Kier alpha value is -2.35. The van der Waals surface area contributed by atoms with Crippen molar-refractivity contribution in [3.63, 3.8) is 0 Å². The Kier molecular flexibility index (Phi) is 3.81. The molecule has 0 saturated carbocycles. The summed E-state index contributed by atoms with van der Waals surface area (Å²) < 4.78 is 0.445. The summed E-state index contributed by atoms with van der Waals surface area (Å²) in [7, 11) is 0. The Balaban J connectivity index is 2.09. The second-order valence-corrected chi connectivity index (χ2v) is 4.42. The molecule has 0 aliphatic rings. The monoisotopic (exact) mass is 324 g/mol. The zero-order chi connectivity index (χ0) is 13.8. The van der Waals surface area contributed by atoms with Crippen molar-refractivity contribution in [3.05, 3.63) is 40.6 Å². The molecule has 1 aromatic heterocycles. The van der Waals surface area contributed by atoms with Gasteiger partial charge in [0.05, 0.1) is 17.4 Å². The highest BCUT2D eigenvalue weighted by atomic mass is 79.9. The highest BCUT2D eigenvalue weighted by Crippen LogP contribution is 2.21. The van der Waals surface area contributed by atoms with Gasteiger partial charge in [0, 0.05) is 16.4 Å². The van der Waals surface area contributed by atoms with Crippen LogP contribution in [0.2, 0.25) is 0 Å². The predicted octanol–water partition coefficient (Wildman–Crippen LogP) is 2.51. The summed E-state index contributed by atoms with van der Waals surface area (Å²) in [6.45, 7) is 0. The van der Waals surface area contributed by atoms with Crippen LogP contribution in [0.5, 0.6) is 0 Å². The van der Waals surface area contributed by atoms with Crippen LogP contribution in [0, 0.1) is 0 Å². The number of hydrogen-bond acceptors (Lipinski definition) is 3. The van der Waals surface area contributed by atoms with Crippen molar-refractivity contribution in [2.75, 3.05) is 10.6 Å². The van der Waals surface area contributed by atoms with Gasteiger partial charge in [0.15, 0.2) is 0 Å². The zero-order valence-corrected chi connectivity index (χ0v) is 11.1. The molecule has 2 amide bonds. The Labute approximate surface area is 116 Å². The first-order chi connectivity index (χ1) is 9.06. The Morgan fingerprint density at radius 2 is 2.00 bits per heavy atom. The number of carbonyl (C=O) groups excluding carboxylic acids is 1. The summed E-state index contributed by atoms with van der Waals surface area (Å²) in [5, 5.41) is 20.3. The largest absolute Gasteiger partial charge is 0.478 e. The van der Waals surface area contributed by atoms with Crippen LogP contribution < -0.4 is 10.6 Å². The third kappa shape index (κ3) is 3.32.